The minimum atomic E-state index is -4.54. The molecule has 2 heterocycles. The number of nitrogen functional groups attached to an aromatic ring is 1. The van der Waals surface area contributed by atoms with Gasteiger partial charge in [0.05, 0.1) is 28.4 Å². The molecule has 4 N–H and O–H groups in total. The Morgan fingerprint density at radius 2 is 1.82 bits per heavy atom. The Labute approximate surface area is 227 Å². The summed E-state index contributed by atoms with van der Waals surface area (Å²) in [7, 11) is -8.87. The zero-order valence-electron chi connectivity index (χ0n) is 20.5. The van der Waals surface area contributed by atoms with Gasteiger partial charge in [0.25, 0.3) is 31.9 Å². The number of aromatic nitrogens is 2. The number of amides is 2. The number of rotatable bonds is 7. The largest absolute Gasteiger partial charge is 0.461 e. The molecule has 1 aliphatic heterocycles. The zero-order valence-corrected chi connectivity index (χ0v) is 22.1. The van der Waals surface area contributed by atoms with Crippen molar-refractivity contribution in [2.24, 2.45) is 0 Å². The Bertz CT molecular complexity index is 1890. The lowest BCUT2D eigenvalue weighted by molar-refractivity contribution is -0.119. The van der Waals surface area contributed by atoms with Crippen LogP contribution in [0.4, 0.5) is 5.69 Å². The smallest absolute Gasteiger partial charge is 0.361 e. The summed E-state index contributed by atoms with van der Waals surface area (Å²) < 4.78 is 58.6. The quantitative estimate of drug-likeness (QED) is 0.302. The normalized spacial score (nSPS) is 13.8. The number of fused-ring (bicyclic) bond motifs is 1. The van der Waals surface area contributed by atoms with Crippen LogP contribution in [0.25, 0.3) is 5.69 Å². The highest BCUT2D eigenvalue weighted by Gasteiger charge is 2.42. The summed E-state index contributed by atoms with van der Waals surface area (Å²) in [5.74, 6) is -3.19. The Kier molecular flexibility index (Phi) is 7.15. The van der Waals surface area contributed by atoms with Crippen LogP contribution in [0.5, 0.6) is 0 Å². The zero-order chi connectivity index (χ0) is 29.4. The van der Waals surface area contributed by atoms with Gasteiger partial charge in [0.2, 0.25) is 0 Å². The first-order valence-corrected chi connectivity index (χ1v) is 14.1. The van der Waals surface area contributed by atoms with E-state index in [4.69, 9.17) is 15.9 Å². The van der Waals surface area contributed by atoms with Crippen molar-refractivity contribution >= 4 is 43.5 Å². The monoisotopic (exact) mass is 585 g/mol. The number of nitrogens with two attached hydrogens (primary N) is 1. The van der Waals surface area contributed by atoms with Gasteiger partial charge >= 0.3 is 5.97 Å². The predicted octanol–water partition coefficient (Wildman–Crippen LogP) is -0.368. The van der Waals surface area contributed by atoms with Crippen LogP contribution in [0.1, 0.15) is 33.3 Å². The summed E-state index contributed by atoms with van der Waals surface area (Å²) in [5.41, 5.74) is 4.09. The third-order valence-electron chi connectivity index (χ3n) is 5.59. The molecular formula is C23H19N7O8S2. The fourth-order valence-electron chi connectivity index (χ4n) is 3.73. The molecule has 0 saturated carbocycles. The molecule has 2 aromatic carbocycles. The Morgan fingerprint density at radius 1 is 1.18 bits per heavy atom. The summed E-state index contributed by atoms with van der Waals surface area (Å²) in [4.78, 5) is 36.5. The van der Waals surface area contributed by atoms with Crippen molar-refractivity contribution in [1.29, 1.82) is 10.7 Å². The fraction of sp³-hybridized carbons (Fsp3) is 0.130. The molecular weight excluding hydrogens is 566 g/mol. The minimum Gasteiger partial charge on any atom is -0.461 e. The first-order valence-electron chi connectivity index (χ1n) is 11.2. The van der Waals surface area contributed by atoms with Crippen LogP contribution in [0.2, 0.25) is 0 Å². The van der Waals surface area contributed by atoms with E-state index in [1.807, 2.05) is 0 Å². The number of carbonyl (C=O) groups excluding carboxylic acids is 3. The lowest BCUT2D eigenvalue weighted by atomic mass is 10.2. The van der Waals surface area contributed by atoms with E-state index in [2.05, 4.69) is 5.10 Å². The van der Waals surface area contributed by atoms with Crippen LogP contribution in [0.15, 0.2) is 58.3 Å². The van der Waals surface area contributed by atoms with Crippen molar-refractivity contribution in [1.82, 2.24) is 18.8 Å². The Morgan fingerprint density at radius 3 is 2.42 bits per heavy atom. The number of benzene rings is 2. The molecule has 2 amide bonds. The van der Waals surface area contributed by atoms with E-state index in [0.29, 0.717) is 0 Å². The van der Waals surface area contributed by atoms with Crippen molar-refractivity contribution in [3.63, 3.8) is 0 Å². The number of ether oxygens (including phenoxy) is 1. The molecule has 0 bridgehead atoms. The van der Waals surface area contributed by atoms with Gasteiger partial charge in [0, 0.05) is 0 Å². The molecule has 206 valence electrons. The maximum Gasteiger partial charge on any atom is 0.361 e. The third kappa shape index (κ3) is 4.76. The van der Waals surface area contributed by atoms with Gasteiger partial charge in [-0.1, -0.05) is 12.1 Å². The van der Waals surface area contributed by atoms with Crippen LogP contribution >= 0.6 is 0 Å². The molecule has 1 aliphatic rings. The third-order valence-corrected chi connectivity index (χ3v) is 8.77. The second-order valence-corrected chi connectivity index (χ2v) is 11.6. The number of nitriles is 1. The van der Waals surface area contributed by atoms with E-state index in [0.717, 1.165) is 16.8 Å². The Balaban J connectivity index is 1.58. The average molecular weight is 586 g/mol. The summed E-state index contributed by atoms with van der Waals surface area (Å²) >= 11 is 0. The number of nitrogens with zero attached hydrogens (tertiary/aromatic N) is 4. The second kappa shape index (κ2) is 10.2. The first-order chi connectivity index (χ1) is 18.8. The summed E-state index contributed by atoms with van der Waals surface area (Å²) in [6.07, 6.45) is 0. The molecule has 1 aromatic heterocycles. The molecule has 40 heavy (non-hydrogen) atoms. The standard InChI is InChI=1S/C23H19N7O8S2/c1-2-38-23(33)20-19(25)16(11-24)21(26)30(27-20)13-7-9-14(10-8-13)39(34,35)28-18(31)12-29-22(32)15-5-3-4-6-17(15)40(29,36)37/h3-10,26H,2,12,25H2,1H3,(H,28,31). The predicted molar refractivity (Wildman–Crippen MR) is 134 cm³/mol. The number of esters is 1. The van der Waals surface area contributed by atoms with Crippen molar-refractivity contribution in [2.75, 3.05) is 18.9 Å². The van der Waals surface area contributed by atoms with Gasteiger partial charge in [0.15, 0.2) is 11.2 Å². The minimum absolute atomic E-state index is 0.00642. The van der Waals surface area contributed by atoms with Gasteiger partial charge in [-0.15, -0.1) is 0 Å². The number of anilines is 1. The number of hydrogen-bond acceptors (Lipinski definition) is 12. The van der Waals surface area contributed by atoms with E-state index in [1.165, 1.54) is 36.4 Å². The topological polar surface area (TPSA) is 235 Å². The molecule has 17 heteroatoms. The van der Waals surface area contributed by atoms with Gasteiger partial charge in [-0.25, -0.2) is 35.3 Å². The summed E-state index contributed by atoms with van der Waals surface area (Å²) in [5, 5.41) is 21.6. The average Bonchev–Trinajstić information content (AvgIpc) is 3.09. The fourth-order valence-corrected chi connectivity index (χ4v) is 6.23. The molecule has 15 nitrogen and oxygen atoms in total. The highest BCUT2D eigenvalue weighted by molar-refractivity contribution is 7.90. The Hall–Kier alpha value is -5.08. The molecule has 0 unspecified atom stereocenters. The summed E-state index contributed by atoms with van der Waals surface area (Å²) in [6, 6.07) is 11.5. The van der Waals surface area contributed by atoms with Crippen molar-refractivity contribution < 1.29 is 36.0 Å². The van der Waals surface area contributed by atoms with Gasteiger partial charge < -0.3 is 10.5 Å². The van der Waals surface area contributed by atoms with Crippen LogP contribution in [0, 0.1) is 16.7 Å². The maximum absolute atomic E-state index is 12.8. The number of hydrogen-bond donors (Lipinski definition) is 3. The van der Waals surface area contributed by atoms with Gasteiger partial charge in [-0.2, -0.15) is 10.4 Å². The van der Waals surface area contributed by atoms with Crippen LogP contribution in [-0.4, -0.2) is 61.9 Å². The van der Waals surface area contributed by atoms with E-state index >= 15 is 0 Å². The molecule has 0 atom stereocenters. The van der Waals surface area contributed by atoms with Crippen molar-refractivity contribution in [3.05, 3.63) is 70.8 Å². The van der Waals surface area contributed by atoms with Crippen LogP contribution in [-0.2, 0) is 29.6 Å². The van der Waals surface area contributed by atoms with Crippen molar-refractivity contribution in [2.45, 2.75) is 16.7 Å². The van der Waals surface area contributed by atoms with E-state index in [9.17, 15) is 36.5 Å². The van der Waals surface area contributed by atoms with Crippen molar-refractivity contribution in [3.8, 4) is 11.8 Å². The van der Waals surface area contributed by atoms with E-state index < -0.39 is 60.5 Å². The highest BCUT2D eigenvalue weighted by atomic mass is 32.2. The van der Waals surface area contributed by atoms with E-state index in [-0.39, 0.29) is 38.3 Å². The molecule has 0 aliphatic carbocycles. The maximum atomic E-state index is 12.8. The lowest BCUT2D eigenvalue weighted by Gasteiger charge is -2.15. The molecule has 0 fully saturated rings. The van der Waals surface area contributed by atoms with E-state index in [1.54, 1.807) is 17.7 Å². The summed E-state index contributed by atoms with van der Waals surface area (Å²) in [6.45, 7) is 0.465. The van der Waals surface area contributed by atoms with Crippen LogP contribution in [0.3, 0.4) is 0 Å². The highest BCUT2D eigenvalue weighted by Crippen LogP contribution is 2.29. The molecule has 0 spiro atoms. The first kappa shape index (κ1) is 27.9. The SMILES string of the molecule is CCOC(=O)c1nn(-c2ccc(S(=O)(=O)NC(=O)CN3C(=O)c4ccccc4S3(=O)=O)cc2)c(=N)c(C#N)c1N. The second-order valence-electron chi connectivity index (χ2n) is 8.07. The molecule has 0 saturated heterocycles. The molecule has 3 aromatic rings. The van der Waals surface area contributed by atoms with Gasteiger partial charge in [-0.3, -0.25) is 15.0 Å². The molecule has 4 rings (SSSR count). The number of sulfonamides is 2. The molecule has 0 radical (unpaired) electrons. The van der Waals surface area contributed by atoms with Gasteiger partial charge in [0.1, 0.15) is 23.1 Å². The number of nitrogens with one attached hydrogen (secondary N) is 2. The number of carbonyl (C=O) groups is 3. The van der Waals surface area contributed by atoms with Crippen LogP contribution < -0.4 is 15.9 Å². The lowest BCUT2D eigenvalue weighted by Crippen LogP contribution is -2.42. The van der Waals surface area contributed by atoms with Gasteiger partial charge in [-0.05, 0) is 43.3 Å².